The summed E-state index contributed by atoms with van der Waals surface area (Å²) in [6.45, 7) is 6.96. The summed E-state index contributed by atoms with van der Waals surface area (Å²) in [5, 5.41) is 0.489. The molecule has 0 amide bonds. The summed E-state index contributed by atoms with van der Waals surface area (Å²) in [6.07, 6.45) is 0. The number of benzene rings is 2. The molecule has 0 aliphatic carbocycles. The Morgan fingerprint density at radius 3 is 2.62 bits per heavy atom. The van der Waals surface area contributed by atoms with Crippen LogP contribution in [0.15, 0.2) is 53.3 Å². The van der Waals surface area contributed by atoms with Gasteiger partial charge in [0.25, 0.3) is 5.56 Å². The molecule has 0 unspecified atom stereocenters. The van der Waals surface area contributed by atoms with E-state index >= 15 is 0 Å². The fraction of sp³-hybridized carbons (Fsp3) is 0.333. The van der Waals surface area contributed by atoms with E-state index in [-0.39, 0.29) is 17.4 Å². The van der Waals surface area contributed by atoms with Crippen molar-refractivity contribution in [2.45, 2.75) is 26.8 Å². The number of hydrogen-bond donors (Lipinski definition) is 0. The van der Waals surface area contributed by atoms with E-state index in [1.165, 1.54) is 22.8 Å². The third-order valence-electron chi connectivity index (χ3n) is 5.07. The van der Waals surface area contributed by atoms with E-state index < -0.39 is 0 Å². The Morgan fingerprint density at radius 1 is 1.19 bits per heavy atom. The molecule has 8 heteroatoms. The van der Waals surface area contributed by atoms with Gasteiger partial charge in [-0.3, -0.25) is 9.36 Å². The average molecular weight is 460 g/mol. The lowest BCUT2D eigenvalue weighted by molar-refractivity contribution is 0.199. The second-order valence-corrected chi connectivity index (χ2v) is 7.96. The van der Waals surface area contributed by atoms with Crippen LogP contribution in [0.3, 0.4) is 0 Å². The van der Waals surface area contributed by atoms with Crippen LogP contribution in [0.5, 0.6) is 5.75 Å². The van der Waals surface area contributed by atoms with Crippen LogP contribution in [-0.4, -0.2) is 42.5 Å². The van der Waals surface area contributed by atoms with Gasteiger partial charge in [-0.15, -0.1) is 0 Å². The van der Waals surface area contributed by atoms with Crippen LogP contribution in [-0.2, 0) is 4.74 Å². The highest BCUT2D eigenvalue weighted by Crippen LogP contribution is 2.30. The van der Waals surface area contributed by atoms with Gasteiger partial charge in [0.2, 0.25) is 0 Å². The predicted octanol–water partition coefficient (Wildman–Crippen LogP) is 4.56. The molecule has 0 radical (unpaired) electrons. The molecule has 3 rings (SSSR count). The summed E-state index contributed by atoms with van der Waals surface area (Å²) in [5.41, 5.74) is 1.94. The van der Waals surface area contributed by atoms with E-state index in [9.17, 15) is 9.18 Å². The summed E-state index contributed by atoms with van der Waals surface area (Å²) in [7, 11) is 1.64. The van der Waals surface area contributed by atoms with Gasteiger partial charge in [0.1, 0.15) is 24.0 Å². The molecule has 0 aliphatic rings. The molecule has 1 atom stereocenters. The van der Waals surface area contributed by atoms with E-state index in [2.05, 4.69) is 9.88 Å². The molecule has 0 spiro atoms. The van der Waals surface area contributed by atoms with Gasteiger partial charge in [-0.1, -0.05) is 17.7 Å². The number of aromatic nitrogens is 2. The number of halogens is 2. The summed E-state index contributed by atoms with van der Waals surface area (Å²) < 4.78 is 26.0. The van der Waals surface area contributed by atoms with Gasteiger partial charge in [0, 0.05) is 31.5 Å². The minimum absolute atomic E-state index is 0.0812. The van der Waals surface area contributed by atoms with Crippen molar-refractivity contribution in [1.29, 1.82) is 0 Å². The van der Waals surface area contributed by atoms with Crippen molar-refractivity contribution in [2.24, 2.45) is 0 Å². The predicted molar refractivity (Wildman–Crippen MR) is 125 cm³/mol. The van der Waals surface area contributed by atoms with Crippen molar-refractivity contribution in [1.82, 2.24) is 9.55 Å². The maximum atomic E-state index is 13.4. The lowest BCUT2D eigenvalue weighted by Gasteiger charge is -2.32. The average Bonchev–Trinajstić information content (AvgIpc) is 2.73. The van der Waals surface area contributed by atoms with Gasteiger partial charge >= 0.3 is 0 Å². The zero-order chi connectivity index (χ0) is 23.3. The van der Waals surface area contributed by atoms with E-state index in [0.717, 1.165) is 5.69 Å². The van der Waals surface area contributed by atoms with Crippen molar-refractivity contribution >= 4 is 17.3 Å². The maximum Gasteiger partial charge on any atom is 0.258 e. The van der Waals surface area contributed by atoms with Gasteiger partial charge in [-0.05, 0) is 51.1 Å². The molecular weight excluding hydrogens is 433 g/mol. The summed E-state index contributed by atoms with van der Waals surface area (Å²) in [6, 6.07) is 12.9. The number of anilines is 1. The fourth-order valence-electron chi connectivity index (χ4n) is 3.55. The molecule has 170 valence electrons. The maximum absolute atomic E-state index is 13.4. The highest BCUT2D eigenvalue weighted by Gasteiger charge is 2.19. The van der Waals surface area contributed by atoms with Gasteiger partial charge in [0.05, 0.1) is 29.0 Å². The second kappa shape index (κ2) is 10.6. The third-order valence-corrected chi connectivity index (χ3v) is 5.37. The van der Waals surface area contributed by atoms with E-state index in [4.69, 9.17) is 21.1 Å². The molecule has 1 aromatic heterocycles. The molecule has 0 aliphatic heterocycles. The standard InChI is InChI=1S/C24H27ClFN3O3/c1-16-12-24(30)29(18(3)27-16)20-8-9-23(22(25)14-20)28(10-11-31-4)17(2)15-32-21-7-5-6-19(26)13-21/h5-9,12-14,17H,10-11,15H2,1-4H3/t17-/m0/s1. The molecule has 6 nitrogen and oxygen atoms in total. The third kappa shape index (κ3) is 5.66. The lowest BCUT2D eigenvalue weighted by atomic mass is 10.2. The highest BCUT2D eigenvalue weighted by atomic mass is 35.5. The Kier molecular flexibility index (Phi) is 7.88. The second-order valence-electron chi connectivity index (χ2n) is 7.56. The zero-order valence-corrected chi connectivity index (χ0v) is 19.4. The lowest BCUT2D eigenvalue weighted by Crippen LogP contribution is -2.40. The molecule has 32 heavy (non-hydrogen) atoms. The Morgan fingerprint density at radius 2 is 1.97 bits per heavy atom. The largest absolute Gasteiger partial charge is 0.491 e. The van der Waals surface area contributed by atoms with Crippen molar-refractivity contribution in [3.8, 4) is 11.4 Å². The van der Waals surface area contributed by atoms with Crippen LogP contribution in [0.2, 0.25) is 5.02 Å². The van der Waals surface area contributed by atoms with Crippen molar-refractivity contribution in [3.05, 3.63) is 81.2 Å². The molecule has 3 aromatic rings. The molecule has 0 fully saturated rings. The smallest absolute Gasteiger partial charge is 0.258 e. The number of methoxy groups -OCH3 is 1. The minimum Gasteiger partial charge on any atom is -0.491 e. The van der Waals surface area contributed by atoms with Gasteiger partial charge in [0.15, 0.2) is 0 Å². The first-order chi connectivity index (χ1) is 15.3. The molecule has 2 aromatic carbocycles. The van der Waals surface area contributed by atoms with E-state index in [1.807, 2.05) is 19.1 Å². The quantitative estimate of drug-likeness (QED) is 0.469. The fourth-order valence-corrected chi connectivity index (χ4v) is 3.84. The summed E-state index contributed by atoms with van der Waals surface area (Å²) >= 11 is 6.66. The molecule has 1 heterocycles. The molecule has 0 N–H and O–H groups in total. The van der Waals surface area contributed by atoms with E-state index in [0.29, 0.717) is 47.7 Å². The monoisotopic (exact) mass is 459 g/mol. The first kappa shape index (κ1) is 23.8. The SMILES string of the molecule is COCCN(c1ccc(-n2c(C)nc(C)cc2=O)cc1Cl)[C@@H](C)COc1cccc(F)c1. The molecule has 0 saturated heterocycles. The van der Waals surface area contributed by atoms with Crippen molar-refractivity contribution in [2.75, 3.05) is 31.8 Å². The number of nitrogens with zero attached hydrogens (tertiary/aromatic N) is 3. The summed E-state index contributed by atoms with van der Waals surface area (Å²) in [4.78, 5) is 18.9. The van der Waals surface area contributed by atoms with Crippen LogP contribution < -0.4 is 15.2 Å². The summed E-state index contributed by atoms with van der Waals surface area (Å²) in [5.74, 6) is 0.708. The minimum atomic E-state index is -0.346. The number of ether oxygens (including phenoxy) is 2. The first-order valence-corrected chi connectivity index (χ1v) is 10.7. The van der Waals surface area contributed by atoms with Crippen LogP contribution in [0.25, 0.3) is 5.69 Å². The molecule has 0 saturated carbocycles. The zero-order valence-electron chi connectivity index (χ0n) is 18.6. The van der Waals surface area contributed by atoms with E-state index in [1.54, 1.807) is 39.2 Å². The molecular formula is C24H27ClFN3O3. The number of hydrogen-bond acceptors (Lipinski definition) is 5. The Bertz CT molecular complexity index is 1140. The van der Waals surface area contributed by atoms with Crippen LogP contribution >= 0.6 is 11.6 Å². The van der Waals surface area contributed by atoms with Crippen LogP contribution in [0, 0.1) is 19.7 Å². The first-order valence-electron chi connectivity index (χ1n) is 10.3. The Labute approximate surface area is 192 Å². The van der Waals surface area contributed by atoms with Gasteiger partial charge in [-0.2, -0.15) is 0 Å². The van der Waals surface area contributed by atoms with Crippen molar-refractivity contribution in [3.63, 3.8) is 0 Å². The highest BCUT2D eigenvalue weighted by molar-refractivity contribution is 6.33. The van der Waals surface area contributed by atoms with Gasteiger partial charge in [-0.25, -0.2) is 9.37 Å². The van der Waals surface area contributed by atoms with Crippen LogP contribution in [0.1, 0.15) is 18.4 Å². The van der Waals surface area contributed by atoms with Crippen LogP contribution in [0.4, 0.5) is 10.1 Å². The number of aryl methyl sites for hydroxylation is 2. The topological polar surface area (TPSA) is 56.6 Å². The Balaban J connectivity index is 1.86. The van der Waals surface area contributed by atoms with Gasteiger partial charge < -0.3 is 14.4 Å². The normalized spacial score (nSPS) is 11.9. The van der Waals surface area contributed by atoms with Crippen molar-refractivity contribution < 1.29 is 13.9 Å². The Hall–Kier alpha value is -2.90. The molecule has 0 bridgehead atoms. The number of rotatable bonds is 9.